The van der Waals surface area contributed by atoms with Crippen LogP contribution in [-0.2, 0) is 6.54 Å². The zero-order valence-electron chi connectivity index (χ0n) is 7.94. The Morgan fingerprint density at radius 1 is 1.33 bits per heavy atom. The van der Waals surface area contributed by atoms with E-state index in [9.17, 15) is 0 Å². The Hall–Kier alpha value is -2.24. The number of H-pyrrole nitrogens is 1. The fourth-order valence-electron chi connectivity index (χ4n) is 1.15. The molecule has 0 atom stereocenters. The van der Waals surface area contributed by atoms with Gasteiger partial charge in [0.15, 0.2) is 0 Å². The van der Waals surface area contributed by atoms with Crippen LogP contribution in [0.3, 0.4) is 0 Å². The smallest absolute Gasteiger partial charge is 0.239 e. The maximum absolute atomic E-state index is 9.07. The summed E-state index contributed by atoms with van der Waals surface area (Å²) in [6.45, 7) is 0.509. The number of hydrogen-bond acceptors (Lipinski definition) is 5. The average molecular weight is 205 g/mol. The number of phenolic OH excluding ortho intramolecular Hbond substituents is 1. The van der Waals surface area contributed by atoms with Gasteiger partial charge in [0.05, 0.1) is 6.54 Å². The lowest BCUT2D eigenvalue weighted by molar-refractivity contribution is 0.475. The summed E-state index contributed by atoms with van der Waals surface area (Å²) in [4.78, 5) is 3.94. The molecule has 6 heteroatoms. The predicted molar refractivity (Wildman–Crippen MR) is 56.2 cm³/mol. The minimum absolute atomic E-state index is 0.234. The van der Waals surface area contributed by atoms with E-state index >= 15 is 0 Å². The van der Waals surface area contributed by atoms with E-state index in [2.05, 4.69) is 20.5 Å². The quantitative estimate of drug-likeness (QED) is 0.553. The van der Waals surface area contributed by atoms with E-state index in [1.54, 1.807) is 24.3 Å². The van der Waals surface area contributed by atoms with Crippen molar-refractivity contribution in [3.05, 3.63) is 30.1 Å². The van der Waals surface area contributed by atoms with Crippen molar-refractivity contribution in [1.29, 1.82) is 0 Å². The van der Waals surface area contributed by atoms with Crippen LogP contribution in [0.1, 0.15) is 5.82 Å². The second-order valence-electron chi connectivity index (χ2n) is 3.04. The summed E-state index contributed by atoms with van der Waals surface area (Å²) < 4.78 is 0. The number of aromatic hydroxyl groups is 1. The number of rotatable bonds is 3. The van der Waals surface area contributed by atoms with Crippen molar-refractivity contribution in [3.63, 3.8) is 0 Å². The van der Waals surface area contributed by atoms with Gasteiger partial charge < -0.3 is 16.2 Å². The number of benzene rings is 1. The highest BCUT2D eigenvalue weighted by atomic mass is 16.3. The number of nitrogen functional groups attached to an aromatic ring is 1. The van der Waals surface area contributed by atoms with E-state index in [0.29, 0.717) is 12.4 Å². The van der Waals surface area contributed by atoms with Gasteiger partial charge in [0.25, 0.3) is 0 Å². The molecule has 0 amide bonds. The van der Waals surface area contributed by atoms with Crippen LogP contribution in [0.25, 0.3) is 0 Å². The molecule has 0 unspecified atom stereocenters. The molecule has 0 aliphatic heterocycles. The molecule has 0 aliphatic carbocycles. The van der Waals surface area contributed by atoms with E-state index in [1.807, 2.05) is 0 Å². The normalized spacial score (nSPS) is 10.1. The van der Waals surface area contributed by atoms with Gasteiger partial charge in [-0.3, -0.25) is 5.10 Å². The van der Waals surface area contributed by atoms with E-state index in [1.165, 1.54) is 0 Å². The molecule has 2 rings (SSSR count). The van der Waals surface area contributed by atoms with Crippen LogP contribution >= 0.6 is 0 Å². The van der Waals surface area contributed by atoms with Gasteiger partial charge in [0.1, 0.15) is 11.6 Å². The molecule has 0 spiro atoms. The zero-order chi connectivity index (χ0) is 10.7. The minimum Gasteiger partial charge on any atom is -0.508 e. The second-order valence-corrected chi connectivity index (χ2v) is 3.04. The molecule has 1 aromatic heterocycles. The van der Waals surface area contributed by atoms with Gasteiger partial charge in [-0.2, -0.15) is 4.98 Å². The largest absolute Gasteiger partial charge is 0.508 e. The molecule has 0 aliphatic rings. The lowest BCUT2D eigenvalue weighted by atomic mass is 10.3. The van der Waals surface area contributed by atoms with Crippen molar-refractivity contribution >= 4 is 11.6 Å². The van der Waals surface area contributed by atoms with Gasteiger partial charge in [-0.15, -0.1) is 5.10 Å². The van der Waals surface area contributed by atoms with Crippen molar-refractivity contribution in [1.82, 2.24) is 15.2 Å². The number of anilines is 2. The monoisotopic (exact) mass is 205 g/mol. The highest BCUT2D eigenvalue weighted by Crippen LogP contribution is 2.13. The van der Waals surface area contributed by atoms with E-state index in [-0.39, 0.29) is 11.7 Å². The first-order valence-corrected chi connectivity index (χ1v) is 4.44. The van der Waals surface area contributed by atoms with Crippen molar-refractivity contribution in [3.8, 4) is 5.75 Å². The lowest BCUT2D eigenvalue weighted by Gasteiger charge is -2.03. The van der Waals surface area contributed by atoms with Crippen molar-refractivity contribution in [2.75, 3.05) is 11.1 Å². The van der Waals surface area contributed by atoms with Crippen LogP contribution in [0.4, 0.5) is 11.6 Å². The van der Waals surface area contributed by atoms with Gasteiger partial charge in [-0.25, -0.2) is 0 Å². The van der Waals surface area contributed by atoms with Gasteiger partial charge in [-0.1, -0.05) is 0 Å². The highest BCUT2D eigenvalue weighted by molar-refractivity contribution is 5.45. The molecule has 2 aromatic rings. The third kappa shape index (κ3) is 2.37. The minimum atomic E-state index is 0.234. The Morgan fingerprint density at radius 3 is 2.67 bits per heavy atom. The molecule has 1 heterocycles. The van der Waals surface area contributed by atoms with E-state index < -0.39 is 0 Å². The second kappa shape index (κ2) is 3.87. The van der Waals surface area contributed by atoms with Gasteiger partial charge in [-0.05, 0) is 24.3 Å². The summed E-state index contributed by atoms with van der Waals surface area (Å²) in [6, 6.07) is 6.76. The Balaban J connectivity index is 1.96. The van der Waals surface area contributed by atoms with E-state index in [4.69, 9.17) is 10.8 Å². The molecule has 0 saturated heterocycles. The molecule has 0 radical (unpaired) electrons. The van der Waals surface area contributed by atoms with Gasteiger partial charge >= 0.3 is 0 Å². The standard InChI is InChI=1S/C9H11N5O/c10-9-12-8(13-14-9)5-11-6-1-3-7(15)4-2-6/h1-4,11,15H,5H2,(H3,10,12,13,14). The maximum Gasteiger partial charge on any atom is 0.239 e. The summed E-state index contributed by atoms with van der Waals surface area (Å²) in [5.41, 5.74) is 6.24. The van der Waals surface area contributed by atoms with Crippen molar-refractivity contribution in [2.45, 2.75) is 6.54 Å². The third-order valence-corrected chi connectivity index (χ3v) is 1.88. The number of aromatic amines is 1. The fourth-order valence-corrected chi connectivity index (χ4v) is 1.15. The van der Waals surface area contributed by atoms with E-state index in [0.717, 1.165) is 5.69 Å². The molecule has 15 heavy (non-hydrogen) atoms. The molecule has 6 nitrogen and oxygen atoms in total. The molecular weight excluding hydrogens is 194 g/mol. The number of nitrogens with one attached hydrogen (secondary N) is 2. The fraction of sp³-hybridized carbons (Fsp3) is 0.111. The topological polar surface area (TPSA) is 99.8 Å². The Bertz CT molecular complexity index is 436. The van der Waals surface area contributed by atoms with Crippen LogP contribution in [0.5, 0.6) is 5.75 Å². The van der Waals surface area contributed by atoms with Crippen LogP contribution in [-0.4, -0.2) is 20.3 Å². The van der Waals surface area contributed by atoms with Crippen LogP contribution in [0.2, 0.25) is 0 Å². The molecule has 0 saturated carbocycles. The number of aromatic nitrogens is 3. The first kappa shape index (κ1) is 9.32. The molecule has 0 bridgehead atoms. The first-order chi connectivity index (χ1) is 7.24. The van der Waals surface area contributed by atoms with Gasteiger partial charge in [0.2, 0.25) is 5.95 Å². The Morgan fingerprint density at radius 2 is 2.07 bits per heavy atom. The van der Waals surface area contributed by atoms with Crippen molar-refractivity contribution < 1.29 is 5.11 Å². The van der Waals surface area contributed by atoms with Crippen LogP contribution < -0.4 is 11.1 Å². The third-order valence-electron chi connectivity index (χ3n) is 1.88. The summed E-state index contributed by atoms with van der Waals surface area (Å²) in [6.07, 6.45) is 0. The summed E-state index contributed by atoms with van der Waals surface area (Å²) in [5, 5.41) is 18.6. The summed E-state index contributed by atoms with van der Waals surface area (Å²) >= 11 is 0. The predicted octanol–water partition coefficient (Wildman–Crippen LogP) is 0.705. The summed E-state index contributed by atoms with van der Waals surface area (Å²) in [7, 11) is 0. The first-order valence-electron chi connectivity index (χ1n) is 4.44. The van der Waals surface area contributed by atoms with Gasteiger partial charge in [0, 0.05) is 5.69 Å². The maximum atomic E-state index is 9.07. The SMILES string of the molecule is Nc1n[nH]c(CNc2ccc(O)cc2)n1. The van der Waals surface area contributed by atoms with Crippen LogP contribution in [0.15, 0.2) is 24.3 Å². The number of phenols is 1. The lowest BCUT2D eigenvalue weighted by Crippen LogP contribution is -2.01. The molecule has 0 fully saturated rings. The zero-order valence-corrected chi connectivity index (χ0v) is 7.94. The van der Waals surface area contributed by atoms with Crippen LogP contribution in [0, 0.1) is 0 Å². The molecular formula is C9H11N5O. The number of nitrogens with zero attached hydrogens (tertiary/aromatic N) is 2. The molecule has 78 valence electrons. The number of hydrogen-bond donors (Lipinski definition) is 4. The average Bonchev–Trinajstić information content (AvgIpc) is 2.64. The summed E-state index contributed by atoms with van der Waals surface area (Å²) in [5.74, 6) is 1.14. The Kier molecular flexibility index (Phi) is 2.40. The van der Waals surface area contributed by atoms with Crippen molar-refractivity contribution in [2.24, 2.45) is 0 Å². The molecule has 1 aromatic carbocycles. The highest BCUT2D eigenvalue weighted by Gasteiger charge is 1.98. The Labute approximate surface area is 86.2 Å². The molecule has 5 N–H and O–H groups in total. The number of nitrogens with two attached hydrogens (primary N) is 1.